The van der Waals surface area contributed by atoms with E-state index < -0.39 is 0 Å². The third-order valence-electron chi connectivity index (χ3n) is 2.61. The average Bonchev–Trinajstić information content (AvgIpc) is 2.26. The topological polar surface area (TPSA) is 43.4 Å². The van der Waals surface area contributed by atoms with Crippen LogP contribution in [-0.4, -0.2) is 18.4 Å². The molecule has 0 heterocycles. The molecule has 0 aromatic rings. The Morgan fingerprint density at radius 2 is 1.81 bits per heavy atom. The van der Waals surface area contributed by atoms with Crippen LogP contribution >= 0.6 is 0 Å². The van der Waals surface area contributed by atoms with E-state index in [1.54, 1.807) is 0 Å². The van der Waals surface area contributed by atoms with E-state index in [2.05, 4.69) is 6.92 Å². The van der Waals surface area contributed by atoms with E-state index in [-0.39, 0.29) is 24.1 Å². The maximum atomic E-state index is 11.6. The monoisotopic (exact) mass is 228 g/mol. The van der Waals surface area contributed by atoms with E-state index >= 15 is 0 Å². The van der Waals surface area contributed by atoms with Crippen LogP contribution in [0.2, 0.25) is 0 Å². The van der Waals surface area contributed by atoms with Crippen LogP contribution in [0.15, 0.2) is 0 Å². The summed E-state index contributed by atoms with van der Waals surface area (Å²) in [5, 5.41) is 0. The minimum absolute atomic E-state index is 0.0773. The van der Waals surface area contributed by atoms with Gasteiger partial charge in [-0.1, -0.05) is 33.6 Å². The Bertz CT molecular complexity index is 211. The quantitative estimate of drug-likeness (QED) is 0.450. The van der Waals surface area contributed by atoms with Crippen molar-refractivity contribution in [3.05, 3.63) is 0 Å². The second-order valence-corrected chi connectivity index (χ2v) is 4.23. The fourth-order valence-electron chi connectivity index (χ4n) is 1.47. The van der Waals surface area contributed by atoms with Crippen LogP contribution in [0.25, 0.3) is 0 Å². The van der Waals surface area contributed by atoms with Crippen LogP contribution in [-0.2, 0) is 14.3 Å². The normalized spacial score (nSPS) is 12.2. The van der Waals surface area contributed by atoms with Gasteiger partial charge in [0.2, 0.25) is 0 Å². The molecule has 16 heavy (non-hydrogen) atoms. The van der Waals surface area contributed by atoms with Gasteiger partial charge in [-0.2, -0.15) is 0 Å². The van der Waals surface area contributed by atoms with Crippen molar-refractivity contribution in [1.82, 2.24) is 0 Å². The number of Topliss-reactive ketones (excluding diaryl/α,β-unsaturated/α-hetero) is 1. The second-order valence-electron chi connectivity index (χ2n) is 4.23. The number of ketones is 1. The summed E-state index contributed by atoms with van der Waals surface area (Å²) in [4.78, 5) is 22.8. The maximum Gasteiger partial charge on any atom is 0.306 e. The molecule has 0 aliphatic rings. The van der Waals surface area contributed by atoms with E-state index in [0.29, 0.717) is 13.0 Å². The Morgan fingerprint density at radius 1 is 1.12 bits per heavy atom. The van der Waals surface area contributed by atoms with Crippen molar-refractivity contribution in [3.8, 4) is 0 Å². The molecule has 1 atom stereocenters. The summed E-state index contributed by atoms with van der Waals surface area (Å²) in [6.07, 6.45) is 4.38. The number of ether oxygens (including phenoxy) is 1. The number of rotatable bonds is 9. The van der Waals surface area contributed by atoms with Gasteiger partial charge in [0.05, 0.1) is 13.0 Å². The molecule has 0 radical (unpaired) electrons. The highest BCUT2D eigenvalue weighted by atomic mass is 16.5. The molecule has 1 unspecified atom stereocenters. The smallest absolute Gasteiger partial charge is 0.306 e. The highest BCUT2D eigenvalue weighted by Crippen LogP contribution is 2.10. The number of hydrogen-bond donors (Lipinski definition) is 0. The predicted molar refractivity (Wildman–Crippen MR) is 64.2 cm³/mol. The molecule has 0 aliphatic carbocycles. The Hall–Kier alpha value is -0.860. The van der Waals surface area contributed by atoms with E-state index in [1.165, 1.54) is 0 Å². The molecule has 0 amide bonds. The molecule has 0 aromatic carbocycles. The Labute approximate surface area is 98.6 Å². The van der Waals surface area contributed by atoms with Gasteiger partial charge >= 0.3 is 5.97 Å². The summed E-state index contributed by atoms with van der Waals surface area (Å²) >= 11 is 0. The first kappa shape index (κ1) is 15.1. The molecular weight excluding hydrogens is 204 g/mol. The lowest BCUT2D eigenvalue weighted by Gasteiger charge is -2.08. The van der Waals surface area contributed by atoms with E-state index in [9.17, 15) is 9.59 Å². The van der Waals surface area contributed by atoms with Crippen molar-refractivity contribution in [1.29, 1.82) is 0 Å². The molecule has 0 aliphatic heterocycles. The summed E-state index contributed by atoms with van der Waals surface area (Å²) in [5.41, 5.74) is 0. The first-order chi connectivity index (χ1) is 7.61. The van der Waals surface area contributed by atoms with Crippen LogP contribution in [0, 0.1) is 5.92 Å². The van der Waals surface area contributed by atoms with E-state index in [0.717, 1.165) is 25.7 Å². The van der Waals surface area contributed by atoms with Crippen molar-refractivity contribution < 1.29 is 14.3 Å². The fraction of sp³-hybridized carbons (Fsp3) is 0.846. The van der Waals surface area contributed by atoms with Gasteiger partial charge in [0, 0.05) is 12.3 Å². The molecule has 0 bridgehead atoms. The Morgan fingerprint density at radius 3 is 2.38 bits per heavy atom. The van der Waals surface area contributed by atoms with E-state index in [1.807, 2.05) is 13.8 Å². The number of unbranched alkanes of at least 4 members (excludes halogenated alkanes) is 1. The first-order valence-electron chi connectivity index (χ1n) is 6.30. The third-order valence-corrected chi connectivity index (χ3v) is 2.61. The lowest BCUT2D eigenvalue weighted by molar-refractivity contribution is -0.145. The lowest BCUT2D eigenvalue weighted by atomic mass is 9.98. The molecule has 0 fully saturated rings. The third kappa shape index (κ3) is 7.43. The van der Waals surface area contributed by atoms with Crippen LogP contribution < -0.4 is 0 Å². The summed E-state index contributed by atoms with van der Waals surface area (Å²) in [5.74, 6) is 0.00762. The van der Waals surface area contributed by atoms with Crippen molar-refractivity contribution in [2.45, 2.75) is 59.3 Å². The zero-order valence-electron chi connectivity index (χ0n) is 10.8. The molecule has 0 saturated heterocycles. The second kappa shape index (κ2) is 9.37. The number of carbonyl (C=O) groups excluding carboxylic acids is 2. The predicted octanol–water partition coefficient (Wildman–Crippen LogP) is 3.12. The fourth-order valence-corrected chi connectivity index (χ4v) is 1.47. The van der Waals surface area contributed by atoms with E-state index in [4.69, 9.17) is 4.74 Å². The maximum absolute atomic E-state index is 11.6. The molecular formula is C13H24O3. The average molecular weight is 228 g/mol. The number of carbonyl (C=O) groups is 2. The minimum atomic E-state index is -0.245. The summed E-state index contributed by atoms with van der Waals surface area (Å²) in [6.45, 7) is 6.51. The summed E-state index contributed by atoms with van der Waals surface area (Å²) in [6, 6.07) is 0. The van der Waals surface area contributed by atoms with Gasteiger partial charge in [0.25, 0.3) is 0 Å². The van der Waals surface area contributed by atoms with Crippen molar-refractivity contribution >= 4 is 11.8 Å². The van der Waals surface area contributed by atoms with Gasteiger partial charge in [-0.05, 0) is 12.8 Å². The molecule has 0 saturated carbocycles. The number of esters is 1. The van der Waals surface area contributed by atoms with Crippen LogP contribution in [0.5, 0.6) is 0 Å². The van der Waals surface area contributed by atoms with Gasteiger partial charge in [0.15, 0.2) is 0 Å². The molecule has 94 valence electrons. The summed E-state index contributed by atoms with van der Waals surface area (Å²) < 4.78 is 4.98. The van der Waals surface area contributed by atoms with Crippen LogP contribution in [0.4, 0.5) is 0 Å². The highest BCUT2D eigenvalue weighted by molar-refractivity contribution is 5.84. The lowest BCUT2D eigenvalue weighted by Crippen LogP contribution is -2.14. The van der Waals surface area contributed by atoms with Gasteiger partial charge in [-0.3, -0.25) is 9.59 Å². The molecule has 0 spiro atoms. The largest absolute Gasteiger partial charge is 0.466 e. The number of hydrogen-bond acceptors (Lipinski definition) is 3. The zero-order chi connectivity index (χ0) is 12.4. The van der Waals surface area contributed by atoms with Gasteiger partial charge in [-0.15, -0.1) is 0 Å². The molecule has 0 rings (SSSR count). The van der Waals surface area contributed by atoms with Crippen molar-refractivity contribution in [2.75, 3.05) is 6.61 Å². The molecule has 0 aromatic heterocycles. The molecule has 3 heteroatoms. The molecule has 0 N–H and O–H groups in total. The molecule has 3 nitrogen and oxygen atoms in total. The minimum Gasteiger partial charge on any atom is -0.466 e. The summed E-state index contributed by atoms with van der Waals surface area (Å²) in [7, 11) is 0. The SMILES string of the molecule is CCCCOC(=O)CCC(=O)C(C)CCC. The zero-order valence-corrected chi connectivity index (χ0v) is 10.8. The Kier molecular flexibility index (Phi) is 8.87. The first-order valence-corrected chi connectivity index (χ1v) is 6.30. The standard InChI is InChI=1S/C13H24O3/c1-4-6-10-16-13(15)9-8-12(14)11(3)7-5-2/h11H,4-10H2,1-3H3. The highest BCUT2D eigenvalue weighted by Gasteiger charge is 2.13. The van der Waals surface area contributed by atoms with Crippen LogP contribution in [0.1, 0.15) is 59.3 Å². The van der Waals surface area contributed by atoms with Crippen LogP contribution in [0.3, 0.4) is 0 Å². The van der Waals surface area contributed by atoms with Gasteiger partial charge < -0.3 is 4.74 Å². The Balaban J connectivity index is 3.62. The van der Waals surface area contributed by atoms with Crippen molar-refractivity contribution in [2.24, 2.45) is 5.92 Å². The van der Waals surface area contributed by atoms with Gasteiger partial charge in [-0.25, -0.2) is 0 Å². The van der Waals surface area contributed by atoms with Gasteiger partial charge in [0.1, 0.15) is 5.78 Å². The van der Waals surface area contributed by atoms with Crippen molar-refractivity contribution in [3.63, 3.8) is 0 Å².